The molecule has 0 aliphatic heterocycles. The second-order valence-corrected chi connectivity index (χ2v) is 6.07. The van der Waals surface area contributed by atoms with Crippen LogP contribution in [0.1, 0.15) is 20.8 Å². The predicted molar refractivity (Wildman–Crippen MR) is 71.7 cm³/mol. The molecule has 0 fully saturated rings. The Labute approximate surface area is 106 Å². The summed E-state index contributed by atoms with van der Waals surface area (Å²) in [6.07, 6.45) is 0. The van der Waals surface area contributed by atoms with Crippen LogP contribution in [-0.2, 0) is 0 Å². The molecule has 0 aromatic heterocycles. The third-order valence-corrected chi connectivity index (χ3v) is 6.24. The summed E-state index contributed by atoms with van der Waals surface area (Å²) in [7, 11) is 3.29. The minimum absolute atomic E-state index is 0.124. The van der Waals surface area contributed by atoms with E-state index >= 15 is 0 Å². The van der Waals surface area contributed by atoms with E-state index in [1.807, 2.05) is 12.1 Å². The Balaban J connectivity index is 2.66. The Morgan fingerprint density at radius 1 is 1.06 bits per heavy atom. The van der Waals surface area contributed by atoms with E-state index in [0.29, 0.717) is 0 Å². The number of benzene rings is 1. The van der Waals surface area contributed by atoms with E-state index in [1.165, 1.54) is 6.07 Å². The molecule has 0 heterocycles. The zero-order valence-corrected chi connectivity index (χ0v) is 11.7. The highest BCUT2D eigenvalue weighted by Crippen LogP contribution is 2.39. The molecule has 0 atom stereocenters. The second-order valence-electron chi connectivity index (χ2n) is 3.60. The van der Waals surface area contributed by atoms with Crippen LogP contribution in [0, 0.1) is 5.82 Å². The molecule has 1 aromatic carbocycles. The van der Waals surface area contributed by atoms with Crippen molar-refractivity contribution in [1.29, 1.82) is 0 Å². The van der Waals surface area contributed by atoms with Gasteiger partial charge in [-0.2, -0.15) is 0 Å². The van der Waals surface area contributed by atoms with Gasteiger partial charge in [-0.15, -0.1) is 0 Å². The highest BCUT2D eigenvalue weighted by atomic mass is 33.1. The van der Waals surface area contributed by atoms with Gasteiger partial charge >= 0.3 is 0 Å². The van der Waals surface area contributed by atoms with Crippen LogP contribution in [0.15, 0.2) is 29.2 Å². The average molecular weight is 260 g/mol. The molecule has 0 saturated heterocycles. The van der Waals surface area contributed by atoms with E-state index in [2.05, 4.69) is 20.8 Å². The first-order valence-corrected chi connectivity index (χ1v) is 7.75. The van der Waals surface area contributed by atoms with E-state index < -0.39 is 0 Å². The second kappa shape index (κ2) is 6.52. The maximum absolute atomic E-state index is 13.4. The molecule has 1 nitrogen and oxygen atoms in total. The van der Waals surface area contributed by atoms with Crippen LogP contribution in [0.4, 0.5) is 4.39 Å². The fourth-order valence-corrected chi connectivity index (χ4v) is 4.37. The SMILES string of the molecule is CC[N+](CC)(CC)SSc1ccccc1F. The van der Waals surface area contributed by atoms with E-state index in [1.54, 1.807) is 27.8 Å². The largest absolute Gasteiger partial charge is 0.252 e. The number of halogens is 1. The molecule has 16 heavy (non-hydrogen) atoms. The van der Waals surface area contributed by atoms with Gasteiger partial charge in [0.25, 0.3) is 0 Å². The van der Waals surface area contributed by atoms with Crippen LogP contribution in [0.3, 0.4) is 0 Å². The Hall–Kier alpha value is -0.190. The maximum atomic E-state index is 13.4. The Morgan fingerprint density at radius 3 is 2.12 bits per heavy atom. The van der Waals surface area contributed by atoms with Crippen molar-refractivity contribution in [2.45, 2.75) is 25.7 Å². The molecule has 0 bridgehead atoms. The molecule has 4 heteroatoms. The summed E-state index contributed by atoms with van der Waals surface area (Å²) < 4.78 is 14.4. The van der Waals surface area contributed by atoms with E-state index in [-0.39, 0.29) is 5.82 Å². The fourth-order valence-electron chi connectivity index (χ4n) is 1.46. The highest BCUT2D eigenvalue weighted by molar-refractivity contribution is 8.74. The summed E-state index contributed by atoms with van der Waals surface area (Å²) in [4.78, 5) is 0.727. The van der Waals surface area contributed by atoms with Crippen molar-refractivity contribution in [1.82, 2.24) is 0 Å². The number of hydrogen-bond donors (Lipinski definition) is 0. The number of hydrogen-bond acceptors (Lipinski definition) is 2. The molecule has 0 unspecified atom stereocenters. The molecule has 1 aromatic rings. The first-order chi connectivity index (χ1) is 7.67. The predicted octanol–water partition coefficient (Wildman–Crippen LogP) is 4.36. The van der Waals surface area contributed by atoms with Crippen molar-refractivity contribution in [2.75, 3.05) is 19.6 Å². The summed E-state index contributed by atoms with van der Waals surface area (Å²) in [6, 6.07) is 6.96. The zero-order valence-electron chi connectivity index (χ0n) is 10.1. The molecule has 1 rings (SSSR count). The van der Waals surface area contributed by atoms with Gasteiger partial charge in [-0.05, 0) is 32.9 Å². The van der Waals surface area contributed by atoms with Gasteiger partial charge in [-0.3, -0.25) is 3.89 Å². The summed E-state index contributed by atoms with van der Waals surface area (Å²) in [6.45, 7) is 9.75. The van der Waals surface area contributed by atoms with Crippen LogP contribution in [0.5, 0.6) is 0 Å². The van der Waals surface area contributed by atoms with Crippen LogP contribution in [0.2, 0.25) is 0 Å². The van der Waals surface area contributed by atoms with Crippen LogP contribution < -0.4 is 0 Å². The molecule has 0 radical (unpaired) electrons. The summed E-state index contributed by atoms with van der Waals surface area (Å²) in [5, 5.41) is 0. The molecule has 90 valence electrons. The van der Waals surface area contributed by atoms with Crippen molar-refractivity contribution < 1.29 is 8.28 Å². The van der Waals surface area contributed by atoms with Gasteiger partial charge in [-0.1, -0.05) is 12.1 Å². The van der Waals surface area contributed by atoms with Gasteiger partial charge in [0.1, 0.15) is 5.82 Å². The molecule has 0 N–H and O–H groups in total. The third-order valence-electron chi connectivity index (χ3n) is 2.85. The van der Waals surface area contributed by atoms with E-state index in [4.69, 9.17) is 0 Å². The third kappa shape index (κ3) is 3.40. The molecular weight excluding hydrogens is 241 g/mol. The Bertz CT molecular complexity index is 318. The molecule has 0 saturated carbocycles. The maximum Gasteiger partial charge on any atom is 0.152 e. The van der Waals surface area contributed by atoms with Crippen molar-refractivity contribution >= 4 is 21.8 Å². The van der Waals surface area contributed by atoms with Crippen molar-refractivity contribution in [3.63, 3.8) is 0 Å². The zero-order chi connectivity index (χ0) is 12.0. The van der Waals surface area contributed by atoms with E-state index in [0.717, 1.165) is 28.4 Å². The van der Waals surface area contributed by atoms with Crippen molar-refractivity contribution in [2.24, 2.45) is 0 Å². The summed E-state index contributed by atoms with van der Waals surface area (Å²) >= 11 is 0. The minimum atomic E-state index is -0.124. The topological polar surface area (TPSA) is 0 Å². The quantitative estimate of drug-likeness (QED) is 0.423. The van der Waals surface area contributed by atoms with Crippen LogP contribution in [-0.4, -0.2) is 23.5 Å². The van der Waals surface area contributed by atoms with Crippen LogP contribution in [0.25, 0.3) is 0 Å². The lowest BCUT2D eigenvalue weighted by molar-refractivity contribution is -0.787. The van der Waals surface area contributed by atoms with Gasteiger partial charge < -0.3 is 0 Å². The first kappa shape index (κ1) is 13.9. The highest BCUT2D eigenvalue weighted by Gasteiger charge is 2.24. The van der Waals surface area contributed by atoms with Gasteiger partial charge in [0.15, 0.2) is 11.0 Å². The van der Waals surface area contributed by atoms with Gasteiger partial charge in [-0.25, -0.2) is 4.39 Å². The minimum Gasteiger partial charge on any atom is -0.252 e. The summed E-state index contributed by atoms with van der Waals surface area (Å²) in [5.74, 6) is -0.124. The summed E-state index contributed by atoms with van der Waals surface area (Å²) in [5.41, 5.74) is 0. The van der Waals surface area contributed by atoms with Crippen LogP contribution >= 0.6 is 21.8 Å². The van der Waals surface area contributed by atoms with Gasteiger partial charge in [0.2, 0.25) is 0 Å². The fraction of sp³-hybridized carbons (Fsp3) is 0.500. The number of quaternary nitrogens is 1. The lowest BCUT2D eigenvalue weighted by Crippen LogP contribution is -2.39. The normalized spacial score (nSPS) is 11.8. The molecule has 0 aliphatic carbocycles. The molecule has 0 spiro atoms. The first-order valence-electron chi connectivity index (χ1n) is 5.64. The Morgan fingerprint density at radius 2 is 1.62 bits per heavy atom. The molecular formula is C12H19FNS2+. The monoisotopic (exact) mass is 260 g/mol. The van der Waals surface area contributed by atoms with Gasteiger partial charge in [0.05, 0.1) is 24.5 Å². The molecule has 0 aliphatic rings. The molecule has 0 amide bonds. The van der Waals surface area contributed by atoms with Gasteiger partial charge in [0, 0.05) is 10.8 Å². The Kier molecular flexibility index (Phi) is 5.66. The van der Waals surface area contributed by atoms with Crippen molar-refractivity contribution in [3.05, 3.63) is 30.1 Å². The number of rotatable bonds is 6. The standard InChI is InChI=1S/C12H19FNS2/c1-4-14(5-2,6-3)16-15-12-10-8-7-9-11(12)13/h7-10H,4-6H2,1-3H3/q+1. The van der Waals surface area contributed by atoms with Crippen molar-refractivity contribution in [3.8, 4) is 0 Å². The lowest BCUT2D eigenvalue weighted by Gasteiger charge is -2.31. The van der Waals surface area contributed by atoms with E-state index in [9.17, 15) is 4.39 Å². The number of nitrogens with zero attached hydrogens (tertiary/aromatic N) is 1. The smallest absolute Gasteiger partial charge is 0.152 e. The average Bonchev–Trinajstić information content (AvgIpc) is 2.34. The lowest BCUT2D eigenvalue weighted by atomic mass is 10.4.